The van der Waals surface area contributed by atoms with Gasteiger partial charge in [-0.25, -0.2) is 9.13 Å². The number of esters is 4. The first-order chi connectivity index (χ1) is 51.7. The Labute approximate surface area is 642 Å². The average molecular weight is 1520 g/mol. The number of carbonyl (C=O) groups excluding carboxylic acids is 4. The summed E-state index contributed by atoms with van der Waals surface area (Å²) in [4.78, 5) is 73.0. The summed E-state index contributed by atoms with van der Waals surface area (Å²) in [5, 5.41) is 10.6. The Morgan fingerprint density at radius 3 is 0.802 bits per heavy atom. The van der Waals surface area contributed by atoms with E-state index in [2.05, 4.69) is 161 Å². The quantitative estimate of drug-likeness (QED) is 0.0169. The molecule has 602 valence electrons. The maximum Gasteiger partial charge on any atom is 0.472 e. The molecule has 0 saturated carbocycles. The number of carbonyl (C=O) groups is 4. The Morgan fingerprint density at radius 2 is 0.509 bits per heavy atom. The van der Waals surface area contributed by atoms with Crippen LogP contribution in [0.2, 0.25) is 0 Å². The summed E-state index contributed by atoms with van der Waals surface area (Å²) in [5.41, 5.74) is 0. The molecule has 0 heterocycles. The molecule has 106 heavy (non-hydrogen) atoms. The van der Waals surface area contributed by atoms with Crippen LogP contribution in [0, 0.1) is 0 Å². The summed E-state index contributed by atoms with van der Waals surface area (Å²) < 4.78 is 68.4. The van der Waals surface area contributed by atoms with Gasteiger partial charge in [0, 0.05) is 25.7 Å². The van der Waals surface area contributed by atoms with Gasteiger partial charge in [0.1, 0.15) is 19.3 Å². The first kappa shape index (κ1) is 100. The van der Waals surface area contributed by atoms with Crippen molar-refractivity contribution in [1.29, 1.82) is 0 Å². The second-order valence-corrected chi connectivity index (χ2v) is 29.1. The first-order valence-electron chi connectivity index (χ1n) is 40.4. The normalized spacial score (nSPS) is 14.7. The van der Waals surface area contributed by atoms with E-state index in [9.17, 15) is 43.2 Å². The van der Waals surface area contributed by atoms with Gasteiger partial charge in [-0.1, -0.05) is 288 Å². The van der Waals surface area contributed by atoms with E-state index in [1.54, 1.807) is 0 Å². The lowest BCUT2D eigenvalue weighted by atomic mass is 10.1. The fraction of sp³-hybridized carbons (Fsp3) is 0.632. The Hall–Kier alpha value is -5.58. The van der Waals surface area contributed by atoms with Gasteiger partial charge in [0.05, 0.1) is 26.4 Å². The van der Waals surface area contributed by atoms with Gasteiger partial charge in [-0.15, -0.1) is 0 Å². The highest BCUT2D eigenvalue weighted by Crippen LogP contribution is 2.45. The van der Waals surface area contributed by atoms with Crippen molar-refractivity contribution in [3.63, 3.8) is 0 Å². The molecule has 17 nitrogen and oxygen atoms in total. The molecule has 0 bridgehead atoms. The molecule has 0 radical (unpaired) electrons. The van der Waals surface area contributed by atoms with Crippen molar-refractivity contribution >= 4 is 39.5 Å². The molecule has 0 amide bonds. The zero-order valence-electron chi connectivity index (χ0n) is 65.8. The molecule has 0 saturated heterocycles. The molecular formula is C87H142O17P2. The minimum atomic E-state index is -5.01. The third kappa shape index (κ3) is 76.6. The summed E-state index contributed by atoms with van der Waals surface area (Å²) in [6.07, 6.45) is 92.2. The first-order valence-corrected chi connectivity index (χ1v) is 43.4. The van der Waals surface area contributed by atoms with Crippen molar-refractivity contribution in [2.45, 2.75) is 316 Å². The van der Waals surface area contributed by atoms with E-state index in [0.29, 0.717) is 38.5 Å². The summed E-state index contributed by atoms with van der Waals surface area (Å²) in [5.74, 6) is -2.40. The zero-order chi connectivity index (χ0) is 77.4. The van der Waals surface area contributed by atoms with Gasteiger partial charge in [-0.05, 0) is 154 Å². The van der Waals surface area contributed by atoms with Crippen LogP contribution in [0.3, 0.4) is 0 Å². The van der Waals surface area contributed by atoms with Crippen LogP contribution in [0.15, 0.2) is 170 Å². The van der Waals surface area contributed by atoms with Crippen LogP contribution in [0.1, 0.15) is 297 Å². The van der Waals surface area contributed by atoms with Crippen molar-refractivity contribution in [2.75, 3.05) is 39.6 Å². The van der Waals surface area contributed by atoms with Gasteiger partial charge in [0.15, 0.2) is 12.2 Å². The molecule has 0 spiro atoms. The minimum absolute atomic E-state index is 0.0282. The van der Waals surface area contributed by atoms with Crippen molar-refractivity contribution < 1.29 is 80.2 Å². The van der Waals surface area contributed by atoms with Crippen molar-refractivity contribution in [1.82, 2.24) is 0 Å². The number of aliphatic hydroxyl groups excluding tert-OH is 1. The molecule has 0 aromatic heterocycles. The predicted molar refractivity (Wildman–Crippen MR) is 436 cm³/mol. The van der Waals surface area contributed by atoms with E-state index < -0.39 is 97.5 Å². The molecule has 0 rings (SSSR count). The Balaban J connectivity index is 5.50. The number of phosphoric ester groups is 2. The van der Waals surface area contributed by atoms with Crippen molar-refractivity contribution in [3.05, 3.63) is 170 Å². The lowest BCUT2D eigenvalue weighted by molar-refractivity contribution is -0.161. The number of aliphatic hydroxyl groups is 1. The Bertz CT molecular complexity index is 2680. The van der Waals surface area contributed by atoms with E-state index in [4.69, 9.17) is 37.0 Å². The molecule has 0 aromatic carbocycles. The van der Waals surface area contributed by atoms with Crippen molar-refractivity contribution in [2.24, 2.45) is 0 Å². The third-order valence-electron chi connectivity index (χ3n) is 16.2. The third-order valence-corrected chi connectivity index (χ3v) is 18.1. The molecule has 0 aliphatic rings. The molecule has 0 aliphatic carbocycles. The number of hydrogen-bond acceptors (Lipinski definition) is 15. The smallest absolute Gasteiger partial charge is 0.462 e. The number of rotatable bonds is 74. The molecule has 19 heteroatoms. The molecule has 0 aliphatic heterocycles. The molecule has 5 atom stereocenters. The summed E-state index contributed by atoms with van der Waals surface area (Å²) >= 11 is 0. The second-order valence-electron chi connectivity index (χ2n) is 26.2. The van der Waals surface area contributed by atoms with Crippen LogP contribution in [0.5, 0.6) is 0 Å². The van der Waals surface area contributed by atoms with Crippen LogP contribution in [0.4, 0.5) is 0 Å². The maximum absolute atomic E-state index is 13.1. The maximum atomic E-state index is 13.1. The van der Waals surface area contributed by atoms with E-state index in [1.807, 2.05) is 36.5 Å². The highest BCUT2D eigenvalue weighted by atomic mass is 31.2. The van der Waals surface area contributed by atoms with Gasteiger partial charge in [0.25, 0.3) is 0 Å². The van der Waals surface area contributed by atoms with Crippen molar-refractivity contribution in [3.8, 4) is 0 Å². The molecule has 2 unspecified atom stereocenters. The van der Waals surface area contributed by atoms with E-state index in [1.165, 1.54) is 64.2 Å². The lowest BCUT2D eigenvalue weighted by Crippen LogP contribution is -2.30. The highest BCUT2D eigenvalue weighted by Gasteiger charge is 2.30. The fourth-order valence-corrected chi connectivity index (χ4v) is 11.7. The summed E-state index contributed by atoms with van der Waals surface area (Å²) in [6.45, 7) is 4.43. The number of allylic oxidation sites excluding steroid dienone is 28. The minimum Gasteiger partial charge on any atom is -0.462 e. The van der Waals surface area contributed by atoms with Crippen LogP contribution >= 0.6 is 15.6 Å². The molecule has 3 N–H and O–H groups in total. The molecular weight excluding hydrogens is 1380 g/mol. The molecule has 0 aromatic rings. The zero-order valence-corrected chi connectivity index (χ0v) is 67.6. The predicted octanol–water partition coefficient (Wildman–Crippen LogP) is 23.8. The standard InChI is InChI=1S/C87H142O17P2/c1-5-9-13-17-21-25-29-33-36-38-40-42-45-48-51-55-59-63-67-71-84(89)97-77-82(103-86(91)73-69-65-61-57-53-47-32-28-24-20-16-12-8-4)79-101-105(93,94)99-75-81(88)76-100-106(95,96)102-80-83(104-87(92)74-70-66-62-58-54-50-44-35-31-27-23-19-15-11-7-3)78-98-85(90)72-68-64-60-56-52-49-46-43-41-39-37-34-30-26-22-18-14-10-6-2/h9-10,13-14,21-22,25-26,28,32-37,40-44,48-49,51-52,59-60,63-64,81-83,88H,5-8,11-12,15-20,23-24,27,29-31,38-39,45-47,50,53-58,61-62,65-80H2,1-4H3,(H,93,94)(H,95,96)/b13-9-,14-10-,25-21-,26-22-,32-28-,36-33-,37-34-,42-40-,43-41-,44-35-,51-48-,52-49-,63-59-,64-60-/t81-,82+,83+/m0/s1. The van der Waals surface area contributed by atoms with E-state index in [-0.39, 0.29) is 25.7 Å². The molecule has 0 fully saturated rings. The number of phosphoric acid groups is 2. The second kappa shape index (κ2) is 77.6. The number of ether oxygens (including phenoxy) is 4. The summed E-state index contributed by atoms with van der Waals surface area (Å²) in [6, 6.07) is 0. The van der Waals surface area contributed by atoms with Gasteiger partial charge in [-0.2, -0.15) is 0 Å². The SMILES string of the molecule is CC/C=C\C/C=C\C/C=C\C/C=C\C/C=C\C/C=C\CCC(=O)OC[C@H](COP(=O)(O)OC[C@H](O)COP(=O)(O)OC[C@@H](COC(=O)CC/C=C\C/C=C\C/C=C\C/C=C\C/C=C\C/C=C\CC)OC(=O)CCCCCCC/C=C\CCCCCCCC)OC(=O)CCCCCCC/C=C\CCCCCC. The largest absolute Gasteiger partial charge is 0.472 e. The topological polar surface area (TPSA) is 237 Å². The summed E-state index contributed by atoms with van der Waals surface area (Å²) in [7, 11) is -10.0. The Kier molecular flexibility index (Phi) is 73.5. The van der Waals surface area contributed by atoms with Gasteiger partial charge in [0.2, 0.25) is 0 Å². The van der Waals surface area contributed by atoms with Gasteiger partial charge < -0.3 is 33.8 Å². The highest BCUT2D eigenvalue weighted by molar-refractivity contribution is 7.47. The van der Waals surface area contributed by atoms with Gasteiger partial charge >= 0.3 is 39.5 Å². The van der Waals surface area contributed by atoms with Crippen LogP contribution in [-0.4, -0.2) is 96.7 Å². The monoisotopic (exact) mass is 1520 g/mol. The van der Waals surface area contributed by atoms with Crippen LogP contribution in [-0.2, 0) is 65.4 Å². The van der Waals surface area contributed by atoms with Gasteiger partial charge in [-0.3, -0.25) is 37.3 Å². The van der Waals surface area contributed by atoms with Crippen LogP contribution < -0.4 is 0 Å². The van der Waals surface area contributed by atoms with Crippen LogP contribution in [0.25, 0.3) is 0 Å². The number of unbranched alkanes of at least 4 members (excludes halogenated alkanes) is 20. The van der Waals surface area contributed by atoms with E-state index in [0.717, 1.165) is 141 Å². The van der Waals surface area contributed by atoms with E-state index >= 15 is 0 Å². The number of hydrogen-bond donors (Lipinski definition) is 3. The fourth-order valence-electron chi connectivity index (χ4n) is 10.1. The average Bonchev–Trinajstić information content (AvgIpc) is 0.901. The lowest BCUT2D eigenvalue weighted by Gasteiger charge is -2.21. The Morgan fingerprint density at radius 1 is 0.274 bits per heavy atom.